The van der Waals surface area contributed by atoms with Gasteiger partial charge in [-0.05, 0) is 153 Å². The van der Waals surface area contributed by atoms with E-state index in [9.17, 15) is 14.7 Å². The lowest BCUT2D eigenvalue weighted by molar-refractivity contribution is -0.172. The van der Waals surface area contributed by atoms with E-state index in [-0.39, 0.29) is 5.41 Å². The standard InChI is InChI=1S/C46H69N3O3.C3H6.C2H6.3C2H2/c1-43(2)36(33-12-14-34(15-13-33)42(51)52)18-22-45(4)39(43)20-23-44(3)37-19-24-46(21-8-11-38(46)35(37)16-17-40(44)45)47-25-26-48-27-29-49(30-28-48)41(50)31-32-9-6-5-7-10-32;1-3-2;4*1-2/h12-15,18,32,35,37-40,47H,5-11,16-17,19-31H2,1-4H3,(H,51,52);3H,1H2,2H3;1-2H3;3*1-2H/t35-,37?,38?,39?,40?,44-,45-,46-;;;;;/m0...../s1. The van der Waals surface area contributed by atoms with Gasteiger partial charge in [0.15, 0.2) is 0 Å². The van der Waals surface area contributed by atoms with Crippen molar-refractivity contribution in [1.82, 2.24) is 15.1 Å². The number of aromatic carboxylic acids is 1. The summed E-state index contributed by atoms with van der Waals surface area (Å²) < 4.78 is 0. The van der Waals surface area contributed by atoms with Crippen molar-refractivity contribution in [2.45, 2.75) is 157 Å². The van der Waals surface area contributed by atoms with E-state index in [2.05, 4.69) is 94.0 Å². The molecule has 7 aliphatic rings. The summed E-state index contributed by atoms with van der Waals surface area (Å²) in [4.78, 5) is 29.4. The van der Waals surface area contributed by atoms with E-state index in [1.54, 1.807) is 18.2 Å². The number of terminal acetylenes is 3. The summed E-state index contributed by atoms with van der Waals surface area (Å²) in [6.45, 7) is 25.7. The van der Waals surface area contributed by atoms with Gasteiger partial charge in [0.25, 0.3) is 0 Å². The summed E-state index contributed by atoms with van der Waals surface area (Å²) >= 11 is 0. The van der Waals surface area contributed by atoms with Crippen molar-refractivity contribution in [3.8, 4) is 38.5 Å². The molecule has 6 aliphatic carbocycles. The molecular weight excluding hydrogens is 775 g/mol. The summed E-state index contributed by atoms with van der Waals surface area (Å²) in [5, 5.41) is 13.8. The average molecular weight is 862 g/mol. The van der Waals surface area contributed by atoms with E-state index in [0.717, 1.165) is 75.8 Å². The fraction of sp³-hybridized carbons (Fsp3) is 0.684. The van der Waals surface area contributed by atoms with Crippen molar-refractivity contribution >= 4 is 17.4 Å². The molecule has 1 aromatic rings. The molecule has 0 bridgehead atoms. The number of allylic oxidation sites excluding steroid dienone is 3. The Hall–Kier alpha value is -3.76. The van der Waals surface area contributed by atoms with Crippen LogP contribution in [0, 0.1) is 90.3 Å². The van der Waals surface area contributed by atoms with Crippen molar-refractivity contribution in [1.29, 1.82) is 0 Å². The van der Waals surface area contributed by atoms with Gasteiger partial charge in [0.05, 0.1) is 5.56 Å². The van der Waals surface area contributed by atoms with E-state index < -0.39 is 5.97 Å². The van der Waals surface area contributed by atoms with Crippen LogP contribution < -0.4 is 5.32 Å². The third-order valence-corrected chi connectivity index (χ3v) is 17.4. The average Bonchev–Trinajstić information content (AvgIpc) is 3.74. The lowest BCUT2D eigenvalue weighted by atomic mass is 9.37. The Balaban J connectivity index is 0.000000888. The van der Waals surface area contributed by atoms with E-state index in [4.69, 9.17) is 0 Å². The third-order valence-electron chi connectivity index (χ3n) is 17.4. The number of rotatable bonds is 8. The zero-order valence-corrected chi connectivity index (χ0v) is 40.8. The summed E-state index contributed by atoms with van der Waals surface area (Å²) in [5.74, 6) is 4.14. The number of nitrogens with one attached hydrogen (secondary N) is 1. The van der Waals surface area contributed by atoms with Crippen molar-refractivity contribution in [2.75, 3.05) is 39.3 Å². The molecule has 6 fully saturated rings. The number of hydrogen-bond acceptors (Lipinski definition) is 4. The molecule has 1 aliphatic heterocycles. The molecule has 2 N–H and O–H groups in total. The van der Waals surface area contributed by atoms with Crippen LogP contribution in [0.15, 0.2) is 43.0 Å². The first-order chi connectivity index (χ1) is 30.4. The second-order valence-corrected chi connectivity index (χ2v) is 20.4. The topological polar surface area (TPSA) is 72.9 Å². The highest BCUT2D eigenvalue weighted by Gasteiger charge is 2.65. The van der Waals surface area contributed by atoms with Crippen LogP contribution >= 0.6 is 0 Å². The Morgan fingerprint density at radius 1 is 0.762 bits per heavy atom. The molecule has 1 saturated heterocycles. The second kappa shape index (κ2) is 24.5. The molecule has 6 heteroatoms. The minimum absolute atomic E-state index is 0.0596. The molecule has 1 aromatic carbocycles. The Kier molecular flexibility index (Phi) is 20.8. The quantitative estimate of drug-likeness (QED) is 0.201. The zero-order valence-electron chi connectivity index (χ0n) is 40.8. The highest BCUT2D eigenvalue weighted by atomic mass is 16.4. The summed E-state index contributed by atoms with van der Waals surface area (Å²) in [7, 11) is 0. The van der Waals surface area contributed by atoms with Gasteiger partial charge >= 0.3 is 5.97 Å². The molecule has 1 heterocycles. The van der Waals surface area contributed by atoms with Gasteiger partial charge in [-0.25, -0.2) is 4.79 Å². The molecule has 0 spiro atoms. The number of benzene rings is 1. The number of nitrogens with zero attached hydrogens (tertiary/aromatic N) is 2. The monoisotopic (exact) mass is 862 g/mol. The van der Waals surface area contributed by atoms with Gasteiger partial charge < -0.3 is 15.3 Å². The smallest absolute Gasteiger partial charge is 0.335 e. The van der Waals surface area contributed by atoms with E-state index in [1.807, 2.05) is 32.9 Å². The molecule has 0 radical (unpaired) electrons. The first-order valence-electron chi connectivity index (χ1n) is 24.7. The molecular formula is C57H87N3O3. The largest absolute Gasteiger partial charge is 0.478 e. The lowest BCUT2D eigenvalue weighted by Crippen LogP contribution is -2.64. The van der Waals surface area contributed by atoms with E-state index in [0.29, 0.717) is 39.7 Å². The van der Waals surface area contributed by atoms with Gasteiger partial charge in [-0.15, -0.1) is 45.1 Å². The Bertz CT molecular complexity index is 1680. The number of carbonyl (C=O) groups is 2. The van der Waals surface area contributed by atoms with Crippen LogP contribution in [0.3, 0.4) is 0 Å². The van der Waals surface area contributed by atoms with Gasteiger partial charge in [-0.2, -0.15) is 0 Å². The van der Waals surface area contributed by atoms with Gasteiger partial charge in [-0.3, -0.25) is 9.69 Å². The van der Waals surface area contributed by atoms with Crippen LogP contribution in [0.25, 0.3) is 5.57 Å². The van der Waals surface area contributed by atoms with Gasteiger partial charge in [0.1, 0.15) is 0 Å². The van der Waals surface area contributed by atoms with Crippen LogP contribution in [0.4, 0.5) is 0 Å². The van der Waals surface area contributed by atoms with Crippen LogP contribution in [0.1, 0.15) is 167 Å². The minimum atomic E-state index is -0.852. The van der Waals surface area contributed by atoms with Gasteiger partial charge in [0.2, 0.25) is 5.91 Å². The van der Waals surface area contributed by atoms with Crippen LogP contribution in [-0.2, 0) is 4.79 Å². The third kappa shape index (κ3) is 11.4. The van der Waals surface area contributed by atoms with Crippen molar-refractivity contribution in [2.24, 2.45) is 51.8 Å². The SMILES string of the molecule is C#C.C#C.C#C.C=CC.CC.CC1(C)C(c2ccc(C(=O)O)cc2)=CC[C@@]2(C)C1CC[C@@]1(C)C3CC[C@@]4(NCCN5CCN(C(=O)CC6CCCCC6)CC5)CCCC4[C@H]3CCC12. The van der Waals surface area contributed by atoms with Crippen LogP contribution in [0.5, 0.6) is 0 Å². The lowest BCUT2D eigenvalue weighted by Gasteiger charge is -2.68. The highest BCUT2D eigenvalue weighted by molar-refractivity contribution is 5.88. The molecule has 1 amide bonds. The van der Waals surface area contributed by atoms with Crippen molar-refractivity contribution in [3.05, 3.63) is 54.1 Å². The second-order valence-electron chi connectivity index (χ2n) is 20.4. The van der Waals surface area contributed by atoms with Crippen LogP contribution in [0.2, 0.25) is 0 Å². The molecule has 5 saturated carbocycles. The van der Waals surface area contributed by atoms with Crippen LogP contribution in [-0.4, -0.2) is 71.6 Å². The Labute approximate surface area is 386 Å². The fourth-order valence-corrected chi connectivity index (χ4v) is 14.9. The predicted octanol–water partition coefficient (Wildman–Crippen LogP) is 12.3. The number of carboxylic acid groups (broad SMARTS) is 1. The maximum Gasteiger partial charge on any atom is 0.335 e. The summed E-state index contributed by atoms with van der Waals surface area (Å²) in [6, 6.07) is 7.66. The molecule has 8 rings (SSSR count). The van der Waals surface area contributed by atoms with Crippen molar-refractivity contribution < 1.29 is 14.7 Å². The number of fused-ring (bicyclic) bond motifs is 7. The normalized spacial score (nSPS) is 32.7. The molecule has 6 nitrogen and oxygen atoms in total. The number of amides is 1. The maximum atomic E-state index is 13.0. The minimum Gasteiger partial charge on any atom is -0.478 e. The highest BCUT2D eigenvalue weighted by Crippen LogP contribution is 2.72. The van der Waals surface area contributed by atoms with Crippen molar-refractivity contribution in [3.63, 3.8) is 0 Å². The number of piperazine rings is 1. The first kappa shape index (κ1) is 53.6. The Morgan fingerprint density at radius 3 is 1.98 bits per heavy atom. The fourth-order valence-electron chi connectivity index (χ4n) is 14.9. The number of carbonyl (C=O) groups excluding carboxylic acids is 1. The molecule has 0 aromatic heterocycles. The van der Waals surface area contributed by atoms with Gasteiger partial charge in [0, 0.05) is 51.2 Å². The zero-order chi connectivity index (χ0) is 47.0. The number of carboxylic acids is 1. The van der Waals surface area contributed by atoms with E-state index in [1.165, 1.54) is 101 Å². The van der Waals surface area contributed by atoms with E-state index >= 15 is 0 Å². The first-order valence-corrected chi connectivity index (χ1v) is 24.7. The molecule has 63 heavy (non-hydrogen) atoms. The summed E-state index contributed by atoms with van der Waals surface area (Å²) in [6.07, 6.45) is 49.1. The Morgan fingerprint density at radius 2 is 1.38 bits per heavy atom. The van der Waals surface area contributed by atoms with Gasteiger partial charge in [-0.1, -0.05) is 91.5 Å². The molecule has 8 atom stereocenters. The molecule has 348 valence electrons. The number of hydrogen-bond donors (Lipinski definition) is 2. The predicted molar refractivity (Wildman–Crippen MR) is 267 cm³/mol. The summed E-state index contributed by atoms with van der Waals surface area (Å²) in [5.41, 5.74) is 4.12. The molecule has 4 unspecified atom stereocenters. The maximum absolute atomic E-state index is 13.0.